The summed E-state index contributed by atoms with van der Waals surface area (Å²) >= 11 is 1.42. The smallest absolute Gasteiger partial charge is 0.231 e. The van der Waals surface area contributed by atoms with Crippen molar-refractivity contribution in [2.24, 2.45) is 0 Å². The minimum absolute atomic E-state index is 0.0249. The molecule has 0 bridgehead atoms. The third-order valence-corrected chi connectivity index (χ3v) is 3.93. The van der Waals surface area contributed by atoms with Crippen molar-refractivity contribution in [2.45, 2.75) is 37.9 Å². The highest BCUT2D eigenvalue weighted by Gasteiger charge is 2.18. The minimum Gasteiger partial charge on any atom is -0.345 e. The van der Waals surface area contributed by atoms with E-state index in [1.54, 1.807) is 10.9 Å². The molecule has 21 heavy (non-hydrogen) atoms. The van der Waals surface area contributed by atoms with E-state index in [-0.39, 0.29) is 11.9 Å². The Balaban J connectivity index is 1.91. The number of carbonyl (C=O) groups excluding carboxylic acids is 1. The molecule has 1 amide bonds. The Labute approximate surface area is 128 Å². The van der Waals surface area contributed by atoms with Crippen LogP contribution in [0.15, 0.2) is 35.7 Å². The van der Waals surface area contributed by atoms with Crippen LogP contribution in [0.4, 0.5) is 0 Å². The summed E-state index contributed by atoms with van der Waals surface area (Å²) in [4.78, 5) is 20.5. The fraction of sp³-hybridized carbons (Fsp3) is 0.429. The Morgan fingerprint density at radius 1 is 1.38 bits per heavy atom. The van der Waals surface area contributed by atoms with Crippen molar-refractivity contribution in [1.82, 2.24) is 25.1 Å². The summed E-state index contributed by atoms with van der Waals surface area (Å²) in [5, 5.41) is 7.99. The lowest BCUT2D eigenvalue weighted by Gasteiger charge is -2.16. The van der Waals surface area contributed by atoms with Crippen LogP contribution in [0.2, 0.25) is 0 Å². The van der Waals surface area contributed by atoms with Crippen LogP contribution in [0, 0.1) is 0 Å². The van der Waals surface area contributed by atoms with Gasteiger partial charge in [-0.05, 0) is 25.5 Å². The number of rotatable bonds is 7. The van der Waals surface area contributed by atoms with Crippen LogP contribution >= 0.6 is 11.8 Å². The van der Waals surface area contributed by atoms with Gasteiger partial charge in [0.1, 0.15) is 12.2 Å². The number of nitrogens with one attached hydrogen (secondary N) is 1. The molecule has 0 saturated heterocycles. The summed E-state index contributed by atoms with van der Waals surface area (Å²) in [5.41, 5.74) is 0. The number of thioether (sulfide) groups is 1. The number of pyridine rings is 1. The van der Waals surface area contributed by atoms with Crippen molar-refractivity contribution in [3.63, 3.8) is 0 Å². The van der Waals surface area contributed by atoms with Gasteiger partial charge in [0.05, 0.1) is 16.8 Å². The quantitative estimate of drug-likeness (QED) is 0.793. The van der Waals surface area contributed by atoms with Crippen molar-refractivity contribution in [3.8, 4) is 0 Å². The predicted octanol–water partition coefficient (Wildman–Crippen LogP) is 2.05. The first-order chi connectivity index (χ1) is 10.2. The summed E-state index contributed by atoms with van der Waals surface area (Å²) in [6.07, 6.45) is 4.02. The maximum absolute atomic E-state index is 12.1. The van der Waals surface area contributed by atoms with Gasteiger partial charge >= 0.3 is 0 Å². The SMILES string of the molecule is CC[C@H](NC(=O)CSc1ccccn1)c1ncnn1CC. The van der Waals surface area contributed by atoms with Gasteiger partial charge in [-0.15, -0.1) is 0 Å². The molecule has 2 aromatic heterocycles. The normalized spacial score (nSPS) is 12.1. The number of aryl methyl sites for hydroxylation is 1. The lowest BCUT2D eigenvalue weighted by molar-refractivity contribution is -0.119. The van der Waals surface area contributed by atoms with Crippen molar-refractivity contribution in [1.29, 1.82) is 0 Å². The molecule has 0 saturated carbocycles. The Kier molecular flexibility index (Phi) is 5.74. The number of hydrogen-bond acceptors (Lipinski definition) is 5. The van der Waals surface area contributed by atoms with E-state index >= 15 is 0 Å². The van der Waals surface area contributed by atoms with Gasteiger partial charge in [0.2, 0.25) is 5.91 Å². The molecule has 7 heteroatoms. The summed E-state index contributed by atoms with van der Waals surface area (Å²) in [5.74, 6) is 1.12. The van der Waals surface area contributed by atoms with E-state index in [2.05, 4.69) is 20.4 Å². The zero-order valence-electron chi connectivity index (χ0n) is 12.2. The maximum Gasteiger partial charge on any atom is 0.231 e. The second-order valence-corrected chi connectivity index (χ2v) is 5.41. The number of nitrogens with zero attached hydrogens (tertiary/aromatic N) is 4. The molecule has 2 rings (SSSR count). The second-order valence-electron chi connectivity index (χ2n) is 4.42. The van der Waals surface area contributed by atoms with Crippen LogP contribution in [-0.4, -0.2) is 31.4 Å². The summed E-state index contributed by atoms with van der Waals surface area (Å²) in [7, 11) is 0. The van der Waals surface area contributed by atoms with Crippen molar-refractivity contribution >= 4 is 17.7 Å². The van der Waals surface area contributed by atoms with Gasteiger partial charge in [-0.3, -0.25) is 4.79 Å². The highest BCUT2D eigenvalue weighted by atomic mass is 32.2. The number of carbonyl (C=O) groups is 1. The zero-order valence-corrected chi connectivity index (χ0v) is 13.0. The van der Waals surface area contributed by atoms with Crippen LogP contribution in [0.5, 0.6) is 0 Å². The molecule has 2 aromatic rings. The topological polar surface area (TPSA) is 72.7 Å². The van der Waals surface area contributed by atoms with Gasteiger partial charge in [0.15, 0.2) is 0 Å². The molecule has 0 unspecified atom stereocenters. The fourth-order valence-electron chi connectivity index (χ4n) is 1.94. The van der Waals surface area contributed by atoms with Crippen LogP contribution in [-0.2, 0) is 11.3 Å². The van der Waals surface area contributed by atoms with Crippen molar-refractivity contribution in [2.75, 3.05) is 5.75 Å². The Morgan fingerprint density at radius 2 is 2.24 bits per heavy atom. The van der Waals surface area contributed by atoms with E-state index in [1.165, 1.54) is 18.1 Å². The molecule has 0 spiro atoms. The molecule has 6 nitrogen and oxygen atoms in total. The molecule has 1 N–H and O–H groups in total. The highest BCUT2D eigenvalue weighted by Crippen LogP contribution is 2.16. The van der Waals surface area contributed by atoms with Crippen molar-refractivity contribution in [3.05, 3.63) is 36.5 Å². The number of aromatic nitrogens is 4. The maximum atomic E-state index is 12.1. The molecule has 1 atom stereocenters. The first kappa shape index (κ1) is 15.5. The Bertz CT molecular complexity index is 572. The zero-order chi connectivity index (χ0) is 15.1. The molecule has 0 aromatic carbocycles. The lowest BCUT2D eigenvalue weighted by Crippen LogP contribution is -2.31. The van der Waals surface area contributed by atoms with Gasteiger partial charge in [0, 0.05) is 12.7 Å². The van der Waals surface area contributed by atoms with Crippen LogP contribution in [0.3, 0.4) is 0 Å². The van der Waals surface area contributed by atoms with Gasteiger partial charge in [-0.25, -0.2) is 14.6 Å². The lowest BCUT2D eigenvalue weighted by atomic mass is 10.2. The molecular weight excluding hydrogens is 286 g/mol. The summed E-state index contributed by atoms with van der Waals surface area (Å²) in [6, 6.07) is 5.55. The number of hydrogen-bond donors (Lipinski definition) is 1. The molecule has 0 fully saturated rings. The van der Waals surface area contributed by atoms with Crippen LogP contribution < -0.4 is 5.32 Å². The third-order valence-electron chi connectivity index (χ3n) is 2.99. The van der Waals surface area contributed by atoms with E-state index in [9.17, 15) is 4.79 Å². The fourth-order valence-corrected chi connectivity index (χ4v) is 2.62. The van der Waals surface area contributed by atoms with Gasteiger partial charge < -0.3 is 5.32 Å². The van der Waals surface area contributed by atoms with Crippen molar-refractivity contribution < 1.29 is 4.79 Å². The van der Waals surface area contributed by atoms with Gasteiger partial charge in [0.25, 0.3) is 0 Å². The monoisotopic (exact) mass is 305 g/mol. The Hall–Kier alpha value is -1.89. The second kappa shape index (κ2) is 7.78. The van der Waals surface area contributed by atoms with Gasteiger partial charge in [-0.1, -0.05) is 24.8 Å². The minimum atomic E-state index is -0.107. The third kappa shape index (κ3) is 4.29. The summed E-state index contributed by atoms with van der Waals surface area (Å²) in [6.45, 7) is 4.76. The molecule has 0 aliphatic heterocycles. The standard InChI is InChI=1S/C14H19N5OS/c1-3-11(14-16-10-17-19(14)4-2)18-12(20)9-21-13-7-5-6-8-15-13/h5-8,10-11H,3-4,9H2,1-2H3,(H,18,20)/t11-/m0/s1. The molecule has 0 aliphatic carbocycles. The number of amides is 1. The van der Waals surface area contributed by atoms with E-state index in [0.717, 1.165) is 23.8 Å². The van der Waals surface area contributed by atoms with E-state index in [4.69, 9.17) is 0 Å². The molecular formula is C14H19N5OS. The van der Waals surface area contributed by atoms with E-state index in [1.807, 2.05) is 32.0 Å². The van der Waals surface area contributed by atoms with E-state index < -0.39 is 0 Å². The average molecular weight is 305 g/mol. The first-order valence-electron chi connectivity index (χ1n) is 6.95. The highest BCUT2D eigenvalue weighted by molar-refractivity contribution is 7.99. The largest absolute Gasteiger partial charge is 0.345 e. The van der Waals surface area contributed by atoms with Crippen LogP contribution in [0.1, 0.15) is 32.1 Å². The molecule has 0 radical (unpaired) electrons. The van der Waals surface area contributed by atoms with Crippen LogP contribution in [0.25, 0.3) is 0 Å². The first-order valence-corrected chi connectivity index (χ1v) is 7.94. The van der Waals surface area contributed by atoms with E-state index in [0.29, 0.717) is 5.75 Å². The summed E-state index contributed by atoms with van der Waals surface area (Å²) < 4.78 is 1.81. The van der Waals surface area contributed by atoms with Gasteiger partial charge in [-0.2, -0.15) is 5.10 Å². The average Bonchev–Trinajstić information content (AvgIpc) is 3.00. The predicted molar refractivity (Wildman–Crippen MR) is 81.8 cm³/mol. The molecule has 112 valence electrons. The molecule has 2 heterocycles. The Morgan fingerprint density at radius 3 is 2.90 bits per heavy atom. The molecule has 0 aliphatic rings.